The van der Waals surface area contributed by atoms with E-state index in [1.165, 1.54) is 0 Å². The Hall–Kier alpha value is -2.64. The molecule has 2 N–H and O–H groups in total. The van der Waals surface area contributed by atoms with Gasteiger partial charge in [-0.05, 0) is 60.5 Å². The lowest BCUT2D eigenvalue weighted by molar-refractivity contribution is -0.121. The van der Waals surface area contributed by atoms with Gasteiger partial charge in [0.15, 0.2) is 0 Å². The molecule has 1 unspecified atom stereocenters. The second-order valence-electron chi connectivity index (χ2n) is 6.80. The van der Waals surface area contributed by atoms with Gasteiger partial charge in [-0.2, -0.15) is 5.10 Å². The van der Waals surface area contributed by atoms with Crippen molar-refractivity contribution < 1.29 is 9.53 Å². The second kappa shape index (κ2) is 11.7. The molecule has 0 saturated carbocycles. The fourth-order valence-corrected chi connectivity index (χ4v) is 3.56. The predicted octanol–water partition coefficient (Wildman–Crippen LogP) is 6.13. The minimum atomic E-state index is -0.388. The van der Waals surface area contributed by atoms with Crippen molar-refractivity contribution in [3.05, 3.63) is 92.9 Å². The van der Waals surface area contributed by atoms with Crippen molar-refractivity contribution in [3.63, 3.8) is 0 Å². The normalized spacial score (nSPS) is 11.8. The van der Waals surface area contributed by atoms with E-state index >= 15 is 0 Å². The summed E-state index contributed by atoms with van der Waals surface area (Å²) in [5.41, 5.74) is 5.33. The fourth-order valence-electron chi connectivity index (χ4n) is 2.85. The number of amides is 1. The maximum Gasteiger partial charge on any atom is 0.262 e. The average Bonchev–Trinajstić information content (AvgIpc) is 2.78. The standard InChI is InChI=1S/C24H23Br2N3O2/c1-2-22(28-21-12-10-19(25)11-13-21)24(30)29-27-15-18-7-3-4-9-23(18)31-16-17-6-5-8-20(26)14-17/h3-15,22,28H,2,16H2,1H3,(H,29,30). The van der Waals surface area contributed by atoms with Gasteiger partial charge in [0, 0.05) is 20.2 Å². The number of rotatable bonds is 9. The Morgan fingerprint density at radius 2 is 1.81 bits per heavy atom. The van der Waals surface area contributed by atoms with Gasteiger partial charge in [-0.15, -0.1) is 0 Å². The highest BCUT2D eigenvalue weighted by Crippen LogP contribution is 2.19. The van der Waals surface area contributed by atoms with Gasteiger partial charge in [0.2, 0.25) is 0 Å². The molecule has 0 aliphatic carbocycles. The highest BCUT2D eigenvalue weighted by Gasteiger charge is 2.15. The van der Waals surface area contributed by atoms with Gasteiger partial charge in [-0.25, -0.2) is 5.43 Å². The number of benzene rings is 3. The lowest BCUT2D eigenvalue weighted by atomic mass is 10.2. The van der Waals surface area contributed by atoms with Gasteiger partial charge < -0.3 is 10.1 Å². The van der Waals surface area contributed by atoms with Crippen molar-refractivity contribution in [2.45, 2.75) is 26.0 Å². The topological polar surface area (TPSA) is 62.7 Å². The smallest absolute Gasteiger partial charge is 0.262 e. The highest BCUT2D eigenvalue weighted by molar-refractivity contribution is 9.10. The number of para-hydroxylation sites is 1. The zero-order valence-electron chi connectivity index (χ0n) is 17.0. The summed E-state index contributed by atoms with van der Waals surface area (Å²) in [6.07, 6.45) is 2.23. The Bertz CT molecular complexity index is 1040. The maximum absolute atomic E-state index is 12.5. The van der Waals surface area contributed by atoms with E-state index in [1.54, 1.807) is 6.21 Å². The molecule has 0 heterocycles. The van der Waals surface area contributed by atoms with Gasteiger partial charge in [0.25, 0.3) is 5.91 Å². The summed E-state index contributed by atoms with van der Waals surface area (Å²) >= 11 is 6.88. The van der Waals surface area contributed by atoms with E-state index in [0.29, 0.717) is 18.8 Å². The summed E-state index contributed by atoms with van der Waals surface area (Å²) < 4.78 is 7.95. The van der Waals surface area contributed by atoms with Crippen LogP contribution in [0.3, 0.4) is 0 Å². The number of anilines is 1. The van der Waals surface area contributed by atoms with Crippen LogP contribution in [0.2, 0.25) is 0 Å². The SMILES string of the molecule is CCC(Nc1ccc(Br)cc1)C(=O)NN=Cc1ccccc1OCc1cccc(Br)c1. The fraction of sp³-hybridized carbons (Fsp3) is 0.167. The summed E-state index contributed by atoms with van der Waals surface area (Å²) in [7, 11) is 0. The molecular formula is C24H23Br2N3O2. The van der Waals surface area contributed by atoms with Crippen LogP contribution in [0.4, 0.5) is 5.69 Å². The molecule has 1 amide bonds. The van der Waals surface area contributed by atoms with Gasteiger partial charge >= 0.3 is 0 Å². The molecule has 0 spiro atoms. The molecular weight excluding hydrogens is 522 g/mol. The number of carbonyl (C=O) groups excluding carboxylic acids is 1. The molecule has 7 heteroatoms. The molecule has 3 aromatic rings. The first kappa shape index (κ1) is 23.0. The molecule has 0 fully saturated rings. The molecule has 1 atom stereocenters. The van der Waals surface area contributed by atoms with Crippen LogP contribution in [-0.4, -0.2) is 18.2 Å². The first-order chi connectivity index (χ1) is 15.0. The molecule has 0 saturated heterocycles. The third-order valence-corrected chi connectivity index (χ3v) is 5.51. The highest BCUT2D eigenvalue weighted by atomic mass is 79.9. The van der Waals surface area contributed by atoms with Crippen molar-refractivity contribution in [2.75, 3.05) is 5.32 Å². The predicted molar refractivity (Wildman–Crippen MR) is 132 cm³/mol. The lowest BCUT2D eigenvalue weighted by Crippen LogP contribution is -2.36. The number of nitrogens with zero attached hydrogens (tertiary/aromatic N) is 1. The van der Waals surface area contributed by atoms with Gasteiger partial charge in [0.1, 0.15) is 18.4 Å². The van der Waals surface area contributed by atoms with Gasteiger partial charge in [0.05, 0.1) is 6.21 Å². The van der Waals surface area contributed by atoms with Gasteiger partial charge in [-0.1, -0.05) is 63.0 Å². The largest absolute Gasteiger partial charge is 0.488 e. The molecule has 0 aromatic heterocycles. The van der Waals surface area contributed by atoms with Crippen LogP contribution < -0.4 is 15.5 Å². The van der Waals surface area contributed by atoms with E-state index in [4.69, 9.17) is 4.74 Å². The Balaban J connectivity index is 1.59. The van der Waals surface area contributed by atoms with Crippen molar-refractivity contribution >= 4 is 49.7 Å². The molecule has 3 rings (SSSR count). The minimum absolute atomic E-state index is 0.200. The summed E-state index contributed by atoms with van der Waals surface area (Å²) in [5.74, 6) is 0.495. The lowest BCUT2D eigenvalue weighted by Gasteiger charge is -2.16. The van der Waals surface area contributed by atoms with Crippen LogP contribution in [-0.2, 0) is 11.4 Å². The molecule has 31 heavy (non-hydrogen) atoms. The van der Waals surface area contributed by atoms with Crippen LogP contribution in [0, 0.1) is 0 Å². The molecule has 0 bridgehead atoms. The van der Waals surface area contributed by atoms with Crippen LogP contribution in [0.15, 0.2) is 86.8 Å². The number of hydrogen-bond acceptors (Lipinski definition) is 4. The van der Waals surface area contributed by atoms with E-state index in [2.05, 4.69) is 47.7 Å². The van der Waals surface area contributed by atoms with Crippen molar-refractivity contribution in [3.8, 4) is 5.75 Å². The average molecular weight is 545 g/mol. The van der Waals surface area contributed by atoms with Crippen LogP contribution >= 0.6 is 31.9 Å². The van der Waals surface area contributed by atoms with E-state index in [0.717, 1.165) is 25.8 Å². The van der Waals surface area contributed by atoms with Crippen molar-refractivity contribution in [1.29, 1.82) is 0 Å². The zero-order valence-corrected chi connectivity index (χ0v) is 20.2. The quantitative estimate of drug-likeness (QED) is 0.251. The number of hydrogen-bond donors (Lipinski definition) is 2. The molecule has 3 aromatic carbocycles. The third kappa shape index (κ3) is 7.22. The first-order valence-corrected chi connectivity index (χ1v) is 11.4. The Kier molecular flexibility index (Phi) is 8.67. The molecule has 160 valence electrons. The number of carbonyl (C=O) groups is 1. The van der Waals surface area contributed by atoms with E-state index in [1.807, 2.05) is 79.7 Å². The maximum atomic E-state index is 12.5. The van der Waals surface area contributed by atoms with Crippen LogP contribution in [0.5, 0.6) is 5.75 Å². The number of halogens is 2. The summed E-state index contributed by atoms with van der Waals surface area (Å²) in [5, 5.41) is 7.36. The Morgan fingerprint density at radius 3 is 2.55 bits per heavy atom. The Labute approximate surface area is 199 Å². The van der Waals surface area contributed by atoms with E-state index in [9.17, 15) is 4.79 Å². The summed E-state index contributed by atoms with van der Waals surface area (Å²) in [6.45, 7) is 2.39. The van der Waals surface area contributed by atoms with Crippen LogP contribution in [0.25, 0.3) is 0 Å². The second-order valence-corrected chi connectivity index (χ2v) is 8.63. The molecule has 5 nitrogen and oxygen atoms in total. The van der Waals surface area contributed by atoms with Gasteiger partial charge in [-0.3, -0.25) is 4.79 Å². The number of nitrogens with one attached hydrogen (secondary N) is 2. The van der Waals surface area contributed by atoms with E-state index < -0.39 is 0 Å². The monoisotopic (exact) mass is 543 g/mol. The molecule has 0 aliphatic heterocycles. The van der Waals surface area contributed by atoms with E-state index in [-0.39, 0.29) is 11.9 Å². The summed E-state index contributed by atoms with van der Waals surface area (Å²) in [4.78, 5) is 12.5. The molecule has 0 radical (unpaired) electrons. The third-order valence-electron chi connectivity index (χ3n) is 4.49. The number of hydrazone groups is 1. The number of ether oxygens (including phenoxy) is 1. The zero-order chi connectivity index (χ0) is 22.1. The summed E-state index contributed by atoms with van der Waals surface area (Å²) in [6, 6.07) is 22.8. The molecule has 0 aliphatic rings. The van der Waals surface area contributed by atoms with Crippen molar-refractivity contribution in [2.24, 2.45) is 5.10 Å². The Morgan fingerprint density at radius 1 is 1.03 bits per heavy atom. The van der Waals surface area contributed by atoms with Crippen molar-refractivity contribution in [1.82, 2.24) is 5.43 Å². The minimum Gasteiger partial charge on any atom is -0.488 e. The van der Waals surface area contributed by atoms with Crippen LogP contribution in [0.1, 0.15) is 24.5 Å². The first-order valence-electron chi connectivity index (χ1n) is 9.86.